The number of carbonyl (C=O) groups is 2. The van der Waals surface area contributed by atoms with Crippen LogP contribution in [0.3, 0.4) is 0 Å². The second-order valence-corrected chi connectivity index (χ2v) is 7.12. The van der Waals surface area contributed by atoms with Crippen molar-refractivity contribution in [1.29, 1.82) is 0 Å². The van der Waals surface area contributed by atoms with Crippen LogP contribution in [0.5, 0.6) is 11.5 Å². The van der Waals surface area contributed by atoms with E-state index in [0.717, 1.165) is 5.56 Å². The lowest BCUT2D eigenvalue weighted by Crippen LogP contribution is -2.15. The lowest BCUT2D eigenvalue weighted by molar-refractivity contribution is -0.116. The summed E-state index contributed by atoms with van der Waals surface area (Å²) in [5.41, 5.74) is 2.30. The van der Waals surface area contributed by atoms with E-state index in [2.05, 4.69) is 10.6 Å². The van der Waals surface area contributed by atoms with Crippen LogP contribution in [0.25, 0.3) is 0 Å². The summed E-state index contributed by atoms with van der Waals surface area (Å²) in [6, 6.07) is 19.5. The molecule has 0 spiro atoms. The van der Waals surface area contributed by atoms with Crippen molar-refractivity contribution in [3.05, 3.63) is 82.9 Å². The van der Waals surface area contributed by atoms with Gasteiger partial charge in [-0.15, -0.1) is 0 Å². The zero-order valence-corrected chi connectivity index (χ0v) is 18.0. The van der Waals surface area contributed by atoms with Crippen LogP contribution < -0.4 is 20.1 Å². The largest absolute Gasteiger partial charge is 0.494 e. The number of methoxy groups -OCH3 is 2. The highest BCUT2D eigenvalue weighted by Crippen LogP contribution is 2.36. The van der Waals surface area contributed by atoms with E-state index in [4.69, 9.17) is 21.1 Å². The highest BCUT2D eigenvalue weighted by molar-refractivity contribution is 6.31. The predicted molar refractivity (Wildman–Crippen MR) is 122 cm³/mol. The van der Waals surface area contributed by atoms with Crippen LogP contribution in [0.4, 0.5) is 11.4 Å². The minimum absolute atomic E-state index is 0.193. The third-order valence-corrected chi connectivity index (χ3v) is 5.03. The van der Waals surface area contributed by atoms with Crippen LogP contribution in [0.15, 0.2) is 66.7 Å². The van der Waals surface area contributed by atoms with Crippen LogP contribution in [0.2, 0.25) is 5.02 Å². The zero-order chi connectivity index (χ0) is 22.2. The maximum absolute atomic E-state index is 12.5. The van der Waals surface area contributed by atoms with E-state index in [0.29, 0.717) is 39.9 Å². The highest BCUT2D eigenvalue weighted by Gasteiger charge is 2.16. The second kappa shape index (κ2) is 10.5. The van der Waals surface area contributed by atoms with Gasteiger partial charge in [0.1, 0.15) is 11.5 Å². The summed E-state index contributed by atoms with van der Waals surface area (Å²) in [5.74, 6) is 0.320. The normalized spacial score (nSPS) is 10.3. The molecule has 160 valence electrons. The molecule has 3 aromatic carbocycles. The van der Waals surface area contributed by atoms with E-state index in [9.17, 15) is 9.59 Å². The fraction of sp³-hybridized carbons (Fsp3) is 0.167. The Bertz CT molecular complexity index is 1070. The number of benzene rings is 3. The van der Waals surface area contributed by atoms with Gasteiger partial charge in [0.2, 0.25) is 5.91 Å². The van der Waals surface area contributed by atoms with Gasteiger partial charge in [0, 0.05) is 29.1 Å². The summed E-state index contributed by atoms with van der Waals surface area (Å²) >= 11 is 6.16. The van der Waals surface area contributed by atoms with Crippen LogP contribution in [-0.2, 0) is 11.2 Å². The summed E-state index contributed by atoms with van der Waals surface area (Å²) in [4.78, 5) is 25.0. The van der Waals surface area contributed by atoms with E-state index in [1.54, 1.807) is 42.5 Å². The number of hydrogen-bond acceptors (Lipinski definition) is 4. The zero-order valence-electron chi connectivity index (χ0n) is 17.3. The molecule has 0 bridgehead atoms. The predicted octanol–water partition coefficient (Wildman–Crippen LogP) is 5.18. The molecule has 0 radical (unpaired) electrons. The number of ether oxygens (including phenoxy) is 2. The van der Waals surface area contributed by atoms with E-state index >= 15 is 0 Å². The molecule has 3 aromatic rings. The van der Waals surface area contributed by atoms with Gasteiger partial charge in [0.25, 0.3) is 5.91 Å². The molecule has 3 rings (SSSR count). The van der Waals surface area contributed by atoms with Gasteiger partial charge >= 0.3 is 0 Å². The van der Waals surface area contributed by atoms with Crippen molar-refractivity contribution in [2.24, 2.45) is 0 Å². The van der Waals surface area contributed by atoms with Crippen molar-refractivity contribution in [2.75, 3.05) is 24.9 Å². The number of rotatable bonds is 8. The summed E-state index contributed by atoms with van der Waals surface area (Å²) in [5, 5.41) is 6.29. The van der Waals surface area contributed by atoms with Gasteiger partial charge in [0.05, 0.1) is 25.6 Å². The Morgan fingerprint density at radius 1 is 0.839 bits per heavy atom. The fourth-order valence-corrected chi connectivity index (χ4v) is 3.27. The van der Waals surface area contributed by atoms with Gasteiger partial charge in [-0.05, 0) is 30.2 Å². The first-order valence-corrected chi connectivity index (χ1v) is 10.0. The third-order valence-electron chi connectivity index (χ3n) is 4.66. The van der Waals surface area contributed by atoms with Crippen molar-refractivity contribution in [3.63, 3.8) is 0 Å². The molecule has 0 aliphatic heterocycles. The topological polar surface area (TPSA) is 76.7 Å². The minimum atomic E-state index is -0.280. The summed E-state index contributed by atoms with van der Waals surface area (Å²) in [6.07, 6.45) is 0.762. The van der Waals surface area contributed by atoms with Crippen molar-refractivity contribution in [1.82, 2.24) is 0 Å². The average molecular weight is 439 g/mol. The molecule has 6 nitrogen and oxygen atoms in total. The molecule has 0 aliphatic carbocycles. The minimum Gasteiger partial charge on any atom is -0.494 e. The Labute approximate surface area is 186 Å². The molecule has 0 unspecified atom stereocenters. The molecule has 2 amide bonds. The van der Waals surface area contributed by atoms with E-state index in [-0.39, 0.29) is 18.2 Å². The molecular weight excluding hydrogens is 416 g/mol. The van der Waals surface area contributed by atoms with Crippen molar-refractivity contribution in [3.8, 4) is 11.5 Å². The fourth-order valence-electron chi connectivity index (χ4n) is 3.04. The van der Waals surface area contributed by atoms with E-state index in [1.807, 2.05) is 24.3 Å². The first kappa shape index (κ1) is 22.2. The number of aryl methyl sites for hydroxylation is 1. The number of anilines is 2. The van der Waals surface area contributed by atoms with Crippen LogP contribution in [0.1, 0.15) is 22.3 Å². The number of hydrogen-bond donors (Lipinski definition) is 2. The summed E-state index contributed by atoms with van der Waals surface area (Å²) in [6.45, 7) is 0. The molecular formula is C24H23ClN2O4. The smallest absolute Gasteiger partial charge is 0.255 e. The Kier molecular flexibility index (Phi) is 7.51. The van der Waals surface area contributed by atoms with Crippen LogP contribution in [-0.4, -0.2) is 26.0 Å². The van der Waals surface area contributed by atoms with Gasteiger partial charge in [-0.3, -0.25) is 9.59 Å². The second-order valence-electron chi connectivity index (χ2n) is 6.71. The molecule has 0 atom stereocenters. The number of nitrogens with one attached hydrogen (secondary N) is 2. The standard InChI is InChI=1S/C24H23ClN2O4/c1-30-21-15-20(27-24(29)17-9-4-3-5-10-17)22(31-2)14-19(21)26-23(28)13-12-16-8-6-7-11-18(16)25/h3-11,14-15H,12-13H2,1-2H3,(H,26,28)(H,27,29). The average Bonchev–Trinajstić information content (AvgIpc) is 2.79. The van der Waals surface area contributed by atoms with Gasteiger partial charge in [-0.2, -0.15) is 0 Å². The molecule has 0 saturated heterocycles. The molecule has 7 heteroatoms. The maximum atomic E-state index is 12.5. The molecule has 0 aliphatic rings. The van der Waals surface area contributed by atoms with Crippen molar-refractivity contribution < 1.29 is 19.1 Å². The van der Waals surface area contributed by atoms with Crippen molar-refractivity contribution >= 4 is 34.8 Å². The monoisotopic (exact) mass is 438 g/mol. The molecule has 0 aromatic heterocycles. The van der Waals surface area contributed by atoms with E-state index < -0.39 is 0 Å². The Hall–Kier alpha value is -3.51. The number of halogens is 1. The first-order valence-electron chi connectivity index (χ1n) is 9.67. The van der Waals surface area contributed by atoms with Crippen molar-refractivity contribution in [2.45, 2.75) is 12.8 Å². The van der Waals surface area contributed by atoms with Gasteiger partial charge < -0.3 is 20.1 Å². The van der Waals surface area contributed by atoms with Gasteiger partial charge in [-0.25, -0.2) is 0 Å². The summed E-state index contributed by atoms with van der Waals surface area (Å²) < 4.78 is 10.8. The molecule has 0 fully saturated rings. The Morgan fingerprint density at radius 3 is 2.03 bits per heavy atom. The number of amides is 2. The van der Waals surface area contributed by atoms with E-state index in [1.165, 1.54) is 14.2 Å². The quantitative estimate of drug-likeness (QED) is 0.508. The Balaban J connectivity index is 1.74. The number of carbonyl (C=O) groups excluding carboxylic acids is 2. The Morgan fingerprint density at radius 2 is 1.42 bits per heavy atom. The molecule has 0 saturated carbocycles. The molecule has 2 N–H and O–H groups in total. The lowest BCUT2D eigenvalue weighted by atomic mass is 10.1. The summed E-state index contributed by atoms with van der Waals surface area (Å²) in [7, 11) is 2.98. The third kappa shape index (κ3) is 5.77. The molecule has 31 heavy (non-hydrogen) atoms. The first-order chi connectivity index (χ1) is 15.0. The van der Waals surface area contributed by atoms with Crippen LogP contribution >= 0.6 is 11.6 Å². The maximum Gasteiger partial charge on any atom is 0.255 e. The molecule has 0 heterocycles. The SMILES string of the molecule is COc1cc(NC(=O)c2ccccc2)c(OC)cc1NC(=O)CCc1ccccc1Cl. The lowest BCUT2D eigenvalue weighted by Gasteiger charge is -2.16. The highest BCUT2D eigenvalue weighted by atomic mass is 35.5. The van der Waals surface area contributed by atoms with Gasteiger partial charge in [-0.1, -0.05) is 48.0 Å². The van der Waals surface area contributed by atoms with Crippen LogP contribution in [0, 0.1) is 0 Å². The van der Waals surface area contributed by atoms with Gasteiger partial charge in [0.15, 0.2) is 0 Å².